The summed E-state index contributed by atoms with van der Waals surface area (Å²) in [6.07, 6.45) is 1.11. The van der Waals surface area contributed by atoms with Gasteiger partial charge in [-0.05, 0) is 35.7 Å². The number of benzene rings is 2. The van der Waals surface area contributed by atoms with Gasteiger partial charge >= 0.3 is 0 Å². The van der Waals surface area contributed by atoms with Gasteiger partial charge in [0.1, 0.15) is 0 Å². The van der Waals surface area contributed by atoms with Crippen molar-refractivity contribution in [1.82, 2.24) is 4.90 Å². The second-order valence-corrected chi connectivity index (χ2v) is 5.09. The smallest absolute Gasteiger partial charge is 0.253 e. The number of hydrogen-bond acceptors (Lipinski definition) is 2. The Balaban J connectivity index is 1.85. The molecule has 0 saturated carbocycles. The number of nitrogens with zero attached hydrogens (tertiary/aromatic N) is 1. The second kappa shape index (κ2) is 5.02. The van der Waals surface area contributed by atoms with Crippen LogP contribution in [0.15, 0.2) is 42.5 Å². The van der Waals surface area contributed by atoms with Crippen LogP contribution in [-0.2, 0) is 0 Å². The van der Waals surface area contributed by atoms with Crippen LogP contribution in [0.4, 0.5) is 0 Å². The molecule has 0 aromatic heterocycles. The van der Waals surface area contributed by atoms with Crippen molar-refractivity contribution in [2.45, 2.75) is 18.9 Å². The van der Waals surface area contributed by atoms with Crippen molar-refractivity contribution in [2.24, 2.45) is 0 Å². The van der Waals surface area contributed by atoms with E-state index in [1.165, 1.54) is 0 Å². The molecule has 1 heterocycles. The maximum atomic E-state index is 12.4. The molecule has 2 aromatic rings. The van der Waals surface area contributed by atoms with Crippen LogP contribution in [0.3, 0.4) is 0 Å². The van der Waals surface area contributed by atoms with E-state index in [0.29, 0.717) is 25.9 Å². The average Bonchev–Trinajstić information content (AvgIpc) is 2.47. The molecule has 1 amide bonds. The van der Waals surface area contributed by atoms with Crippen molar-refractivity contribution in [1.29, 1.82) is 0 Å². The van der Waals surface area contributed by atoms with Gasteiger partial charge in [-0.2, -0.15) is 0 Å². The zero-order chi connectivity index (χ0) is 13.2. The first-order valence-corrected chi connectivity index (χ1v) is 6.70. The SMILES string of the molecule is O=C(c1ccc2ccccc2c1)N1CCC(O)CC1. The van der Waals surface area contributed by atoms with E-state index in [0.717, 1.165) is 16.3 Å². The topological polar surface area (TPSA) is 40.5 Å². The van der Waals surface area contributed by atoms with E-state index >= 15 is 0 Å². The Labute approximate surface area is 112 Å². The predicted octanol–water partition coefficient (Wildman–Crippen LogP) is 2.44. The molecule has 2 aromatic carbocycles. The lowest BCUT2D eigenvalue weighted by Crippen LogP contribution is -2.40. The minimum Gasteiger partial charge on any atom is -0.393 e. The number of aliphatic hydroxyl groups excluding tert-OH is 1. The molecule has 1 aliphatic heterocycles. The van der Waals surface area contributed by atoms with Crippen molar-refractivity contribution >= 4 is 16.7 Å². The summed E-state index contributed by atoms with van der Waals surface area (Å²) in [4.78, 5) is 14.2. The van der Waals surface area contributed by atoms with Crippen LogP contribution in [0.1, 0.15) is 23.2 Å². The first-order chi connectivity index (χ1) is 9.24. The molecule has 1 N–H and O–H groups in total. The van der Waals surface area contributed by atoms with Crippen LogP contribution < -0.4 is 0 Å². The summed E-state index contributed by atoms with van der Waals surface area (Å²) in [6.45, 7) is 1.29. The molecular weight excluding hydrogens is 238 g/mol. The number of aliphatic hydroxyl groups is 1. The minimum absolute atomic E-state index is 0.0673. The molecule has 98 valence electrons. The maximum Gasteiger partial charge on any atom is 0.253 e. The van der Waals surface area contributed by atoms with Crippen LogP contribution in [0, 0.1) is 0 Å². The summed E-state index contributed by atoms with van der Waals surface area (Å²) < 4.78 is 0. The van der Waals surface area contributed by atoms with E-state index in [1.54, 1.807) is 0 Å². The highest BCUT2D eigenvalue weighted by Gasteiger charge is 2.22. The van der Waals surface area contributed by atoms with Gasteiger partial charge in [-0.15, -0.1) is 0 Å². The lowest BCUT2D eigenvalue weighted by molar-refractivity contribution is 0.0546. The number of amides is 1. The van der Waals surface area contributed by atoms with Crippen molar-refractivity contribution in [3.05, 3.63) is 48.0 Å². The van der Waals surface area contributed by atoms with Gasteiger partial charge in [0.25, 0.3) is 5.91 Å². The van der Waals surface area contributed by atoms with Gasteiger partial charge < -0.3 is 10.0 Å². The number of fused-ring (bicyclic) bond motifs is 1. The van der Waals surface area contributed by atoms with Gasteiger partial charge in [0.15, 0.2) is 0 Å². The number of carbonyl (C=O) groups is 1. The van der Waals surface area contributed by atoms with E-state index < -0.39 is 0 Å². The number of rotatable bonds is 1. The second-order valence-electron chi connectivity index (χ2n) is 5.09. The van der Waals surface area contributed by atoms with Gasteiger partial charge in [0, 0.05) is 18.7 Å². The highest BCUT2D eigenvalue weighted by atomic mass is 16.3. The Morgan fingerprint density at radius 3 is 2.47 bits per heavy atom. The zero-order valence-electron chi connectivity index (χ0n) is 10.7. The highest BCUT2D eigenvalue weighted by molar-refractivity contribution is 5.98. The van der Waals surface area contributed by atoms with E-state index in [4.69, 9.17) is 0 Å². The fourth-order valence-electron chi connectivity index (χ4n) is 2.57. The number of hydrogen-bond donors (Lipinski definition) is 1. The molecule has 1 aliphatic rings. The van der Waals surface area contributed by atoms with Crippen LogP contribution in [0.2, 0.25) is 0 Å². The van der Waals surface area contributed by atoms with E-state index in [2.05, 4.69) is 0 Å². The Morgan fingerprint density at radius 2 is 1.74 bits per heavy atom. The number of likely N-dealkylation sites (tertiary alicyclic amines) is 1. The zero-order valence-corrected chi connectivity index (χ0v) is 10.7. The third kappa shape index (κ3) is 2.47. The maximum absolute atomic E-state index is 12.4. The molecule has 0 spiro atoms. The van der Waals surface area contributed by atoms with Gasteiger partial charge in [0.05, 0.1) is 6.10 Å². The monoisotopic (exact) mass is 255 g/mol. The molecule has 1 saturated heterocycles. The van der Waals surface area contributed by atoms with Gasteiger partial charge in [0.2, 0.25) is 0 Å². The largest absolute Gasteiger partial charge is 0.393 e. The lowest BCUT2D eigenvalue weighted by Gasteiger charge is -2.29. The highest BCUT2D eigenvalue weighted by Crippen LogP contribution is 2.19. The summed E-state index contributed by atoms with van der Waals surface area (Å²) in [5.74, 6) is 0.0673. The van der Waals surface area contributed by atoms with E-state index in [1.807, 2.05) is 47.4 Å². The first kappa shape index (κ1) is 12.2. The summed E-state index contributed by atoms with van der Waals surface area (Å²) in [5.41, 5.74) is 0.732. The molecule has 3 heteroatoms. The Bertz CT molecular complexity index is 600. The summed E-state index contributed by atoms with van der Waals surface area (Å²) >= 11 is 0. The molecule has 19 heavy (non-hydrogen) atoms. The van der Waals surface area contributed by atoms with Crippen molar-refractivity contribution in [3.8, 4) is 0 Å². The molecule has 3 nitrogen and oxygen atoms in total. The van der Waals surface area contributed by atoms with Crippen LogP contribution in [0.25, 0.3) is 10.8 Å². The standard InChI is InChI=1S/C16H17NO2/c18-15-7-9-17(10-8-15)16(19)14-6-5-12-3-1-2-4-13(12)11-14/h1-6,11,15,18H,7-10H2. The van der Waals surface area contributed by atoms with Crippen LogP contribution >= 0.6 is 0 Å². The molecule has 0 bridgehead atoms. The van der Waals surface area contributed by atoms with Gasteiger partial charge in [-0.25, -0.2) is 0 Å². The molecule has 0 unspecified atom stereocenters. The Morgan fingerprint density at radius 1 is 1.05 bits per heavy atom. The fraction of sp³-hybridized carbons (Fsp3) is 0.312. The molecule has 3 rings (SSSR count). The van der Waals surface area contributed by atoms with Crippen molar-refractivity contribution in [3.63, 3.8) is 0 Å². The fourth-order valence-corrected chi connectivity index (χ4v) is 2.57. The van der Waals surface area contributed by atoms with Gasteiger partial charge in [-0.1, -0.05) is 30.3 Å². The average molecular weight is 255 g/mol. The molecule has 1 fully saturated rings. The number of piperidine rings is 1. The third-order valence-electron chi connectivity index (χ3n) is 3.75. The van der Waals surface area contributed by atoms with E-state index in [9.17, 15) is 9.90 Å². The van der Waals surface area contributed by atoms with Crippen molar-refractivity contribution in [2.75, 3.05) is 13.1 Å². The van der Waals surface area contributed by atoms with Gasteiger partial charge in [-0.3, -0.25) is 4.79 Å². The summed E-state index contributed by atoms with van der Waals surface area (Å²) in [6, 6.07) is 13.9. The predicted molar refractivity (Wildman–Crippen MR) is 75.1 cm³/mol. The molecule has 0 radical (unpaired) electrons. The quantitative estimate of drug-likeness (QED) is 0.850. The summed E-state index contributed by atoms with van der Waals surface area (Å²) in [5, 5.41) is 11.7. The molecular formula is C16H17NO2. The molecule has 0 aliphatic carbocycles. The Kier molecular flexibility index (Phi) is 3.22. The molecule has 0 atom stereocenters. The van der Waals surface area contributed by atoms with Crippen LogP contribution in [-0.4, -0.2) is 35.1 Å². The normalized spacial score (nSPS) is 16.8. The first-order valence-electron chi connectivity index (χ1n) is 6.70. The summed E-state index contributed by atoms with van der Waals surface area (Å²) in [7, 11) is 0. The van der Waals surface area contributed by atoms with Crippen LogP contribution in [0.5, 0.6) is 0 Å². The van der Waals surface area contributed by atoms with E-state index in [-0.39, 0.29) is 12.0 Å². The minimum atomic E-state index is -0.249. The Hall–Kier alpha value is -1.87. The third-order valence-corrected chi connectivity index (χ3v) is 3.75. The lowest BCUT2D eigenvalue weighted by atomic mass is 10.0. The van der Waals surface area contributed by atoms with Crippen molar-refractivity contribution < 1.29 is 9.90 Å². The number of carbonyl (C=O) groups excluding carboxylic acids is 1.